The van der Waals surface area contributed by atoms with Gasteiger partial charge in [-0.15, -0.1) is 0 Å². The number of aromatic nitrogens is 1. The highest BCUT2D eigenvalue weighted by atomic mass is 79.9. The molecule has 0 aliphatic heterocycles. The lowest BCUT2D eigenvalue weighted by Crippen LogP contribution is -2.39. The van der Waals surface area contributed by atoms with Gasteiger partial charge >= 0.3 is 0 Å². The van der Waals surface area contributed by atoms with Gasteiger partial charge in [-0.1, -0.05) is 0 Å². The van der Waals surface area contributed by atoms with Crippen molar-refractivity contribution in [2.24, 2.45) is 0 Å². The highest BCUT2D eigenvalue weighted by Gasteiger charge is 2.29. The second kappa shape index (κ2) is 7.09. The Kier molecular flexibility index (Phi) is 5.41. The Morgan fingerprint density at radius 1 is 1.52 bits per heavy atom. The predicted octanol–water partition coefficient (Wildman–Crippen LogP) is 1.42. The number of halogens is 1. The third-order valence-corrected chi connectivity index (χ3v) is 3.76. The van der Waals surface area contributed by atoms with Gasteiger partial charge in [0.15, 0.2) is 0 Å². The number of hydrogen-bond donors (Lipinski definition) is 1. The van der Waals surface area contributed by atoms with E-state index >= 15 is 0 Å². The van der Waals surface area contributed by atoms with Crippen LogP contribution in [0.2, 0.25) is 0 Å². The van der Waals surface area contributed by atoms with Gasteiger partial charge in [0, 0.05) is 37.4 Å². The van der Waals surface area contributed by atoms with Crippen LogP contribution in [-0.2, 0) is 9.53 Å². The normalized spacial score (nSPS) is 14.0. The monoisotopic (exact) mass is 357 g/mol. The molecule has 0 aromatic carbocycles. The van der Waals surface area contributed by atoms with Gasteiger partial charge in [0.1, 0.15) is 5.69 Å². The average molecular weight is 358 g/mol. The lowest BCUT2D eigenvalue weighted by atomic mass is 10.3. The topological polar surface area (TPSA) is 63.6 Å². The Labute approximate surface area is 132 Å². The number of carbonyl (C=O) groups is 2. The standard InChI is InChI=1S/C14H20BrN3O3/c1-17(9-13(19)16-5-6-21-2)14(20)12-7-10(15)8-18(12)11-3-4-11/h7-8,11H,3-6,9H2,1-2H3,(H,16,19). The lowest BCUT2D eigenvalue weighted by Gasteiger charge is -2.18. The van der Waals surface area contributed by atoms with Crippen LogP contribution in [0, 0.1) is 0 Å². The van der Waals surface area contributed by atoms with E-state index in [1.165, 1.54) is 4.90 Å². The van der Waals surface area contributed by atoms with E-state index in [1.807, 2.05) is 10.8 Å². The Balaban J connectivity index is 1.94. The van der Waals surface area contributed by atoms with Crippen molar-refractivity contribution in [1.82, 2.24) is 14.8 Å². The molecule has 2 rings (SSSR count). The fraction of sp³-hybridized carbons (Fsp3) is 0.571. The number of rotatable bonds is 7. The van der Waals surface area contributed by atoms with E-state index in [0.717, 1.165) is 17.3 Å². The van der Waals surface area contributed by atoms with Crippen molar-refractivity contribution in [1.29, 1.82) is 0 Å². The van der Waals surface area contributed by atoms with E-state index in [2.05, 4.69) is 21.2 Å². The molecule has 1 aliphatic rings. The number of nitrogens with one attached hydrogen (secondary N) is 1. The highest BCUT2D eigenvalue weighted by molar-refractivity contribution is 9.10. The van der Waals surface area contributed by atoms with Crippen LogP contribution in [0.25, 0.3) is 0 Å². The third-order valence-electron chi connectivity index (χ3n) is 3.33. The molecule has 21 heavy (non-hydrogen) atoms. The number of likely N-dealkylation sites (N-methyl/N-ethyl adjacent to an activating group) is 1. The van der Waals surface area contributed by atoms with Gasteiger partial charge in [0.2, 0.25) is 5.91 Å². The summed E-state index contributed by atoms with van der Waals surface area (Å²) in [6, 6.07) is 2.22. The number of methoxy groups -OCH3 is 1. The minimum atomic E-state index is -0.188. The lowest BCUT2D eigenvalue weighted by molar-refractivity contribution is -0.121. The van der Waals surface area contributed by atoms with Gasteiger partial charge in [-0.3, -0.25) is 9.59 Å². The molecule has 0 unspecified atom stereocenters. The Hall–Kier alpha value is -1.34. The smallest absolute Gasteiger partial charge is 0.270 e. The molecule has 1 aliphatic carbocycles. The summed E-state index contributed by atoms with van der Waals surface area (Å²) in [4.78, 5) is 25.6. The van der Waals surface area contributed by atoms with Gasteiger partial charge in [0.25, 0.3) is 5.91 Å². The zero-order valence-electron chi connectivity index (χ0n) is 12.3. The van der Waals surface area contributed by atoms with Crippen LogP contribution in [-0.4, -0.2) is 55.1 Å². The third kappa shape index (κ3) is 4.31. The molecule has 116 valence electrons. The summed E-state index contributed by atoms with van der Waals surface area (Å²) in [5.74, 6) is -0.332. The van der Waals surface area contributed by atoms with Gasteiger partial charge < -0.3 is 19.5 Å². The molecule has 0 bridgehead atoms. The SMILES string of the molecule is COCCNC(=O)CN(C)C(=O)c1cc(Br)cn1C1CC1. The van der Waals surface area contributed by atoms with E-state index in [4.69, 9.17) is 4.74 Å². The first-order valence-corrected chi connectivity index (χ1v) is 7.70. The molecule has 1 aromatic rings. The fourth-order valence-electron chi connectivity index (χ4n) is 2.10. The van der Waals surface area contributed by atoms with Crippen LogP contribution in [0.3, 0.4) is 0 Å². The molecule has 1 fully saturated rings. The van der Waals surface area contributed by atoms with Crippen molar-refractivity contribution in [3.05, 3.63) is 22.4 Å². The van der Waals surface area contributed by atoms with E-state index in [-0.39, 0.29) is 18.4 Å². The van der Waals surface area contributed by atoms with E-state index < -0.39 is 0 Å². The largest absolute Gasteiger partial charge is 0.383 e. The molecular weight excluding hydrogens is 338 g/mol. The summed E-state index contributed by atoms with van der Waals surface area (Å²) in [6.45, 7) is 0.943. The second-order valence-corrected chi connectivity index (χ2v) is 6.10. The summed E-state index contributed by atoms with van der Waals surface area (Å²) >= 11 is 3.40. The number of carbonyl (C=O) groups excluding carboxylic acids is 2. The molecule has 1 heterocycles. The first-order chi connectivity index (χ1) is 10.0. The quantitative estimate of drug-likeness (QED) is 0.750. The number of hydrogen-bond acceptors (Lipinski definition) is 3. The van der Waals surface area contributed by atoms with Crippen LogP contribution in [0.4, 0.5) is 0 Å². The molecule has 1 saturated carbocycles. The maximum absolute atomic E-state index is 12.5. The second-order valence-electron chi connectivity index (χ2n) is 5.19. The molecule has 0 atom stereocenters. The Morgan fingerprint density at radius 3 is 2.86 bits per heavy atom. The summed E-state index contributed by atoms with van der Waals surface area (Å²) < 4.78 is 7.74. The summed E-state index contributed by atoms with van der Waals surface area (Å²) in [7, 11) is 3.21. The van der Waals surface area contributed by atoms with Crippen molar-refractivity contribution in [3.8, 4) is 0 Å². The molecule has 1 aromatic heterocycles. The zero-order chi connectivity index (χ0) is 15.4. The van der Waals surface area contributed by atoms with E-state index in [9.17, 15) is 9.59 Å². The van der Waals surface area contributed by atoms with Crippen LogP contribution in [0.5, 0.6) is 0 Å². The molecule has 0 radical (unpaired) electrons. The van der Waals surface area contributed by atoms with Crippen LogP contribution in [0.1, 0.15) is 29.4 Å². The molecular formula is C14H20BrN3O3. The minimum Gasteiger partial charge on any atom is -0.383 e. The van der Waals surface area contributed by atoms with E-state index in [1.54, 1.807) is 20.2 Å². The summed E-state index contributed by atoms with van der Waals surface area (Å²) in [6.07, 6.45) is 4.13. The van der Waals surface area contributed by atoms with Gasteiger partial charge in [-0.05, 0) is 34.8 Å². The molecule has 6 nitrogen and oxygen atoms in total. The molecule has 0 saturated heterocycles. The average Bonchev–Trinajstić information content (AvgIpc) is 3.21. The zero-order valence-corrected chi connectivity index (χ0v) is 13.9. The van der Waals surface area contributed by atoms with Crippen LogP contribution >= 0.6 is 15.9 Å². The van der Waals surface area contributed by atoms with Crippen molar-refractivity contribution in [2.45, 2.75) is 18.9 Å². The molecule has 1 N–H and O–H groups in total. The summed E-state index contributed by atoms with van der Waals surface area (Å²) in [5, 5.41) is 2.70. The molecule has 0 spiro atoms. The highest BCUT2D eigenvalue weighted by Crippen LogP contribution is 2.37. The first-order valence-electron chi connectivity index (χ1n) is 6.91. The van der Waals surface area contributed by atoms with Crippen molar-refractivity contribution >= 4 is 27.7 Å². The Bertz CT molecular complexity index is 526. The van der Waals surface area contributed by atoms with E-state index in [0.29, 0.717) is 24.9 Å². The molecule has 7 heteroatoms. The number of nitrogens with zero attached hydrogens (tertiary/aromatic N) is 2. The van der Waals surface area contributed by atoms with Crippen molar-refractivity contribution in [2.75, 3.05) is 33.9 Å². The van der Waals surface area contributed by atoms with Gasteiger partial charge in [-0.25, -0.2) is 0 Å². The maximum Gasteiger partial charge on any atom is 0.270 e. The maximum atomic E-state index is 12.5. The van der Waals surface area contributed by atoms with Crippen LogP contribution in [0.15, 0.2) is 16.7 Å². The Morgan fingerprint density at radius 2 is 2.24 bits per heavy atom. The number of amides is 2. The minimum absolute atomic E-state index is 0.0377. The summed E-state index contributed by atoms with van der Waals surface area (Å²) in [5.41, 5.74) is 0.622. The fourth-order valence-corrected chi connectivity index (χ4v) is 2.54. The van der Waals surface area contributed by atoms with Crippen molar-refractivity contribution < 1.29 is 14.3 Å². The van der Waals surface area contributed by atoms with Gasteiger partial charge in [-0.2, -0.15) is 0 Å². The first kappa shape index (κ1) is 16.0. The number of ether oxygens (including phenoxy) is 1. The van der Waals surface area contributed by atoms with Crippen molar-refractivity contribution in [3.63, 3.8) is 0 Å². The van der Waals surface area contributed by atoms with Crippen LogP contribution < -0.4 is 5.32 Å². The molecule has 2 amide bonds. The van der Waals surface area contributed by atoms with Gasteiger partial charge in [0.05, 0.1) is 13.2 Å². The predicted molar refractivity (Wildman–Crippen MR) is 82.2 cm³/mol.